The van der Waals surface area contributed by atoms with Gasteiger partial charge in [-0.2, -0.15) is 0 Å². The van der Waals surface area contributed by atoms with Crippen molar-refractivity contribution in [2.75, 3.05) is 11.6 Å². The molecule has 0 aliphatic heterocycles. The molecule has 2 amide bonds. The van der Waals surface area contributed by atoms with Gasteiger partial charge in [-0.3, -0.25) is 14.2 Å². The Kier molecular flexibility index (Phi) is 4.59. The summed E-state index contributed by atoms with van der Waals surface area (Å²) in [4.78, 5) is 36.3. The Labute approximate surface area is 170 Å². The number of sulfone groups is 1. The minimum atomic E-state index is -3.59. The lowest BCUT2D eigenvalue weighted by molar-refractivity contribution is 0.0970. The highest BCUT2D eigenvalue weighted by molar-refractivity contribution is 7.90. The molecule has 0 spiro atoms. The smallest absolute Gasteiger partial charge is 0.276 e. The van der Waals surface area contributed by atoms with E-state index in [-0.39, 0.29) is 27.9 Å². The fraction of sp³-hybridized carbons (Fsp3) is 0.0526. The summed E-state index contributed by atoms with van der Waals surface area (Å²) in [5, 5.41) is 2.49. The summed E-state index contributed by atoms with van der Waals surface area (Å²) in [6, 6.07) is 13.2. The van der Waals surface area contributed by atoms with E-state index < -0.39 is 21.7 Å². The summed E-state index contributed by atoms with van der Waals surface area (Å²) in [6.07, 6.45) is 2.28. The number of nitrogens with zero attached hydrogens (tertiary/aromatic N) is 3. The van der Waals surface area contributed by atoms with Crippen molar-refractivity contribution in [1.82, 2.24) is 19.5 Å². The van der Waals surface area contributed by atoms with Crippen LogP contribution in [0.3, 0.4) is 0 Å². The number of hydrogen-bond acceptors (Lipinski definition) is 6. The first kappa shape index (κ1) is 19.3. The minimum Gasteiger partial charge on any atom is -0.364 e. The molecular weight excluding hydrogens is 408 g/mol. The van der Waals surface area contributed by atoms with Gasteiger partial charge in [0.25, 0.3) is 11.8 Å². The highest BCUT2D eigenvalue weighted by atomic mass is 32.2. The standard InChI is InChI=1S/C19H16N6O4S/c1-30(28,29)14-9-5-4-8-13(14)22-18(27)15-16(17(20)26)25(10-21-15)19-23-11-6-2-3-7-12(11)24-19/h2-10H,1H3,(H2,20,26)(H,22,27)(H,23,24). The Morgan fingerprint density at radius 3 is 2.50 bits per heavy atom. The van der Waals surface area contributed by atoms with Crippen molar-refractivity contribution in [1.29, 1.82) is 0 Å². The SMILES string of the molecule is CS(=O)(=O)c1ccccc1NC(=O)c1ncn(-c2nc3ccccc3[nH]2)c1C(N)=O. The lowest BCUT2D eigenvalue weighted by Crippen LogP contribution is -2.23. The van der Waals surface area contributed by atoms with Gasteiger partial charge in [0.05, 0.1) is 21.6 Å². The average Bonchev–Trinajstić information content (AvgIpc) is 3.31. The summed E-state index contributed by atoms with van der Waals surface area (Å²) in [5.41, 5.74) is 6.51. The van der Waals surface area contributed by atoms with Gasteiger partial charge in [0.1, 0.15) is 12.0 Å². The molecule has 0 unspecified atom stereocenters. The molecule has 11 heteroatoms. The molecule has 0 aliphatic carbocycles. The topological polar surface area (TPSA) is 153 Å². The molecule has 0 aliphatic rings. The quantitative estimate of drug-likeness (QED) is 0.441. The predicted octanol–water partition coefficient (Wildman–Crippen LogP) is 1.50. The van der Waals surface area contributed by atoms with E-state index in [0.717, 1.165) is 11.8 Å². The second-order valence-corrected chi connectivity index (χ2v) is 8.46. The van der Waals surface area contributed by atoms with E-state index in [4.69, 9.17) is 5.73 Å². The number of H-pyrrole nitrogens is 1. The molecule has 0 fully saturated rings. The van der Waals surface area contributed by atoms with Gasteiger partial charge < -0.3 is 16.0 Å². The van der Waals surface area contributed by atoms with Crippen LogP contribution in [-0.2, 0) is 9.84 Å². The fourth-order valence-corrected chi connectivity index (χ4v) is 3.88. The van der Waals surface area contributed by atoms with Crippen LogP contribution in [0.25, 0.3) is 17.0 Å². The summed E-state index contributed by atoms with van der Waals surface area (Å²) < 4.78 is 25.2. The van der Waals surface area contributed by atoms with E-state index in [1.807, 2.05) is 18.2 Å². The predicted molar refractivity (Wildman–Crippen MR) is 109 cm³/mol. The second kappa shape index (κ2) is 7.12. The number of anilines is 1. The van der Waals surface area contributed by atoms with Crippen molar-refractivity contribution in [2.45, 2.75) is 4.90 Å². The average molecular weight is 424 g/mol. The van der Waals surface area contributed by atoms with Gasteiger partial charge in [-0.15, -0.1) is 0 Å². The van der Waals surface area contributed by atoms with Crippen LogP contribution in [-0.4, -0.2) is 46.0 Å². The maximum absolute atomic E-state index is 12.8. The van der Waals surface area contributed by atoms with Crippen molar-refractivity contribution in [3.8, 4) is 5.95 Å². The molecule has 0 saturated heterocycles. The summed E-state index contributed by atoms with van der Waals surface area (Å²) in [6.45, 7) is 0. The molecule has 2 heterocycles. The second-order valence-electron chi connectivity index (χ2n) is 6.48. The minimum absolute atomic E-state index is 0.0595. The van der Waals surface area contributed by atoms with Crippen LogP contribution in [0.15, 0.2) is 59.8 Å². The summed E-state index contributed by atoms with van der Waals surface area (Å²) in [5.74, 6) is -1.42. The number of nitrogens with one attached hydrogen (secondary N) is 2. The first-order valence-corrected chi connectivity index (χ1v) is 10.6. The van der Waals surface area contributed by atoms with Crippen molar-refractivity contribution >= 4 is 38.4 Å². The molecule has 30 heavy (non-hydrogen) atoms. The zero-order valence-electron chi connectivity index (χ0n) is 15.7. The van der Waals surface area contributed by atoms with Crippen molar-refractivity contribution in [3.05, 3.63) is 66.2 Å². The molecule has 4 N–H and O–H groups in total. The summed E-state index contributed by atoms with van der Waals surface area (Å²) in [7, 11) is -3.59. The molecule has 2 aromatic heterocycles. The first-order valence-electron chi connectivity index (χ1n) is 8.68. The molecule has 0 bridgehead atoms. The molecule has 0 radical (unpaired) electrons. The molecule has 2 aromatic carbocycles. The molecular formula is C19H16N6O4S. The van der Waals surface area contributed by atoms with Gasteiger partial charge in [-0.25, -0.2) is 18.4 Å². The number of hydrogen-bond donors (Lipinski definition) is 3. The Bertz CT molecular complexity index is 1370. The lowest BCUT2D eigenvalue weighted by Gasteiger charge is -2.09. The van der Waals surface area contributed by atoms with E-state index in [1.165, 1.54) is 29.1 Å². The third kappa shape index (κ3) is 3.42. The highest BCUT2D eigenvalue weighted by Gasteiger charge is 2.25. The number of primary amides is 1. The maximum atomic E-state index is 12.8. The van der Waals surface area contributed by atoms with Crippen LogP contribution in [0.4, 0.5) is 5.69 Å². The van der Waals surface area contributed by atoms with E-state index in [2.05, 4.69) is 20.3 Å². The lowest BCUT2D eigenvalue weighted by atomic mass is 10.2. The van der Waals surface area contributed by atoms with E-state index >= 15 is 0 Å². The van der Waals surface area contributed by atoms with Crippen LogP contribution in [0, 0.1) is 0 Å². The normalized spacial score (nSPS) is 11.5. The number of fused-ring (bicyclic) bond motifs is 1. The third-order valence-electron chi connectivity index (χ3n) is 4.36. The van der Waals surface area contributed by atoms with Crippen molar-refractivity contribution < 1.29 is 18.0 Å². The van der Waals surface area contributed by atoms with Crippen LogP contribution < -0.4 is 11.1 Å². The number of nitrogens with two attached hydrogens (primary N) is 1. The van der Waals surface area contributed by atoms with Crippen LogP contribution in [0.2, 0.25) is 0 Å². The van der Waals surface area contributed by atoms with Gasteiger partial charge in [-0.1, -0.05) is 24.3 Å². The molecule has 152 valence electrons. The first-order chi connectivity index (χ1) is 14.3. The summed E-state index contributed by atoms with van der Waals surface area (Å²) >= 11 is 0. The van der Waals surface area contributed by atoms with Crippen molar-refractivity contribution in [2.24, 2.45) is 5.73 Å². The number of aromatic nitrogens is 4. The molecule has 4 rings (SSSR count). The maximum Gasteiger partial charge on any atom is 0.276 e. The number of imidazole rings is 2. The Balaban J connectivity index is 1.76. The number of aromatic amines is 1. The number of rotatable bonds is 5. The molecule has 4 aromatic rings. The zero-order valence-corrected chi connectivity index (χ0v) is 16.5. The van der Waals surface area contributed by atoms with Crippen molar-refractivity contribution in [3.63, 3.8) is 0 Å². The van der Waals surface area contributed by atoms with Gasteiger partial charge >= 0.3 is 0 Å². The largest absolute Gasteiger partial charge is 0.364 e. The molecule has 10 nitrogen and oxygen atoms in total. The highest BCUT2D eigenvalue weighted by Crippen LogP contribution is 2.22. The van der Waals surface area contributed by atoms with Crippen LogP contribution >= 0.6 is 0 Å². The Morgan fingerprint density at radius 1 is 1.10 bits per heavy atom. The monoisotopic (exact) mass is 424 g/mol. The molecule has 0 saturated carbocycles. The van der Waals surface area contributed by atoms with Gasteiger partial charge in [0, 0.05) is 6.26 Å². The van der Waals surface area contributed by atoms with E-state index in [9.17, 15) is 18.0 Å². The van der Waals surface area contributed by atoms with E-state index in [1.54, 1.807) is 12.1 Å². The van der Waals surface area contributed by atoms with E-state index in [0.29, 0.717) is 5.52 Å². The number of benzene rings is 2. The number of carbonyl (C=O) groups excluding carboxylic acids is 2. The van der Waals surface area contributed by atoms with Crippen LogP contribution in [0.5, 0.6) is 0 Å². The number of para-hydroxylation sites is 3. The van der Waals surface area contributed by atoms with Gasteiger partial charge in [-0.05, 0) is 24.3 Å². The third-order valence-corrected chi connectivity index (χ3v) is 5.51. The number of amides is 2. The molecule has 0 atom stereocenters. The van der Waals surface area contributed by atoms with Gasteiger partial charge in [0.2, 0.25) is 5.95 Å². The Morgan fingerprint density at radius 2 is 1.80 bits per heavy atom. The van der Waals surface area contributed by atoms with Gasteiger partial charge in [0.15, 0.2) is 15.5 Å². The number of carbonyl (C=O) groups is 2. The fourth-order valence-electron chi connectivity index (χ4n) is 3.04. The Hall–Kier alpha value is -3.99. The zero-order chi connectivity index (χ0) is 21.5. The van der Waals surface area contributed by atoms with Crippen LogP contribution in [0.1, 0.15) is 21.0 Å².